The maximum absolute atomic E-state index is 11.6. The summed E-state index contributed by atoms with van der Waals surface area (Å²) in [4.78, 5) is 23.9. The normalized spacial score (nSPS) is 15.0. The number of likely N-dealkylation sites (tertiary alicyclic amines) is 1. The Morgan fingerprint density at radius 3 is 2.64 bits per heavy atom. The first-order valence-corrected chi connectivity index (χ1v) is 4.33. The van der Waals surface area contributed by atoms with E-state index in [-0.39, 0.29) is 11.6 Å². The van der Waals surface area contributed by atoms with Gasteiger partial charge in [-0.1, -0.05) is 0 Å². The van der Waals surface area contributed by atoms with Crippen LogP contribution in [0.5, 0.6) is 0 Å². The predicted octanol–water partition coefficient (Wildman–Crippen LogP) is -0.646. The molecule has 1 saturated heterocycles. The van der Waals surface area contributed by atoms with Crippen molar-refractivity contribution >= 4 is 11.8 Å². The van der Waals surface area contributed by atoms with E-state index in [1.807, 2.05) is 0 Å². The van der Waals surface area contributed by atoms with E-state index >= 15 is 0 Å². The van der Waals surface area contributed by atoms with Crippen LogP contribution in [0.1, 0.15) is 27.4 Å². The van der Waals surface area contributed by atoms with E-state index in [1.165, 1.54) is 6.07 Å². The molecule has 2 heterocycles. The second-order valence-corrected chi connectivity index (χ2v) is 3.18. The fraction of sp³-hybridized carbons (Fsp3) is 0.375. The van der Waals surface area contributed by atoms with Crippen molar-refractivity contribution < 1.29 is 9.59 Å². The molecule has 0 bridgehead atoms. The maximum atomic E-state index is 11.6. The number of nitrogens with zero attached hydrogens (tertiary/aromatic N) is 2. The number of primary amides is 1. The molecule has 6 heteroatoms. The van der Waals surface area contributed by atoms with Crippen molar-refractivity contribution in [2.45, 2.75) is 6.42 Å². The molecule has 2 rings (SSSR count). The first-order valence-electron chi connectivity index (χ1n) is 4.33. The third kappa shape index (κ3) is 1.34. The van der Waals surface area contributed by atoms with Gasteiger partial charge in [-0.25, -0.2) is 0 Å². The van der Waals surface area contributed by atoms with Crippen LogP contribution in [-0.2, 0) is 0 Å². The van der Waals surface area contributed by atoms with Crippen LogP contribution in [0.15, 0.2) is 6.07 Å². The molecule has 0 aromatic carbocycles. The highest BCUT2D eigenvalue weighted by atomic mass is 16.2. The molecule has 0 saturated carbocycles. The lowest BCUT2D eigenvalue weighted by molar-refractivity contribution is 0.0645. The van der Waals surface area contributed by atoms with Crippen molar-refractivity contribution in [2.75, 3.05) is 13.1 Å². The predicted molar refractivity (Wildman–Crippen MR) is 47.6 cm³/mol. The fourth-order valence-corrected chi connectivity index (χ4v) is 1.25. The van der Waals surface area contributed by atoms with Crippen LogP contribution in [0.4, 0.5) is 0 Å². The Morgan fingerprint density at radius 1 is 1.50 bits per heavy atom. The molecular formula is C8H10N4O2. The first kappa shape index (κ1) is 8.74. The molecule has 0 radical (unpaired) electrons. The Labute approximate surface area is 80.1 Å². The van der Waals surface area contributed by atoms with E-state index in [0.717, 1.165) is 19.5 Å². The molecule has 1 aliphatic rings. The minimum Gasteiger partial charge on any atom is -0.364 e. The van der Waals surface area contributed by atoms with Crippen LogP contribution in [0.25, 0.3) is 0 Å². The Kier molecular flexibility index (Phi) is 1.95. The minimum absolute atomic E-state index is 0.0915. The number of H-pyrrole nitrogens is 1. The van der Waals surface area contributed by atoms with E-state index in [1.54, 1.807) is 4.90 Å². The summed E-state index contributed by atoms with van der Waals surface area (Å²) in [5.74, 6) is -0.764. The van der Waals surface area contributed by atoms with Crippen molar-refractivity contribution in [1.82, 2.24) is 15.1 Å². The average molecular weight is 194 g/mol. The zero-order valence-electron chi connectivity index (χ0n) is 7.49. The zero-order valence-corrected chi connectivity index (χ0v) is 7.49. The van der Waals surface area contributed by atoms with Crippen LogP contribution in [-0.4, -0.2) is 40.0 Å². The van der Waals surface area contributed by atoms with Gasteiger partial charge in [0, 0.05) is 19.2 Å². The summed E-state index contributed by atoms with van der Waals surface area (Å²) >= 11 is 0. The number of nitrogens with one attached hydrogen (secondary N) is 1. The van der Waals surface area contributed by atoms with Crippen molar-refractivity contribution in [2.24, 2.45) is 5.73 Å². The molecule has 0 unspecified atom stereocenters. The SMILES string of the molecule is NC(=O)c1cc(C(=O)N2CCC2)[nH]n1. The molecule has 1 fully saturated rings. The highest BCUT2D eigenvalue weighted by Gasteiger charge is 2.23. The number of carbonyl (C=O) groups is 2. The van der Waals surface area contributed by atoms with Crippen LogP contribution < -0.4 is 5.73 Å². The van der Waals surface area contributed by atoms with E-state index < -0.39 is 5.91 Å². The van der Waals surface area contributed by atoms with Gasteiger partial charge < -0.3 is 10.6 Å². The van der Waals surface area contributed by atoms with Crippen molar-refractivity contribution in [1.29, 1.82) is 0 Å². The van der Waals surface area contributed by atoms with Gasteiger partial charge in [0.15, 0.2) is 5.69 Å². The molecule has 3 N–H and O–H groups in total. The van der Waals surface area contributed by atoms with Gasteiger partial charge in [-0.2, -0.15) is 5.10 Å². The number of rotatable bonds is 2. The quantitative estimate of drug-likeness (QED) is 0.655. The molecule has 14 heavy (non-hydrogen) atoms. The monoisotopic (exact) mass is 194 g/mol. The highest BCUT2D eigenvalue weighted by molar-refractivity contribution is 5.97. The number of hydrogen-bond donors (Lipinski definition) is 2. The minimum atomic E-state index is -0.635. The molecule has 2 amide bonds. The standard InChI is InChI=1S/C8H10N4O2/c9-7(13)5-4-6(11-10-5)8(14)12-2-1-3-12/h4H,1-3H2,(H2,9,13)(H,10,11). The zero-order chi connectivity index (χ0) is 10.1. The Bertz CT molecular complexity index is 380. The second kappa shape index (κ2) is 3.13. The third-order valence-electron chi connectivity index (χ3n) is 2.20. The van der Waals surface area contributed by atoms with Crippen LogP contribution in [0.2, 0.25) is 0 Å². The first-order chi connectivity index (χ1) is 6.68. The van der Waals surface area contributed by atoms with Gasteiger partial charge in [-0.3, -0.25) is 14.7 Å². The second-order valence-electron chi connectivity index (χ2n) is 3.18. The molecule has 0 atom stereocenters. The number of hydrogen-bond acceptors (Lipinski definition) is 3. The van der Waals surface area contributed by atoms with Crippen molar-refractivity contribution in [3.63, 3.8) is 0 Å². The average Bonchev–Trinajstić information content (AvgIpc) is 2.48. The molecule has 0 aliphatic carbocycles. The summed E-state index contributed by atoms with van der Waals surface area (Å²) in [5, 5.41) is 6.12. The van der Waals surface area contributed by atoms with Gasteiger partial charge in [0.25, 0.3) is 11.8 Å². The van der Waals surface area contributed by atoms with E-state index in [2.05, 4.69) is 10.2 Å². The maximum Gasteiger partial charge on any atom is 0.271 e. The van der Waals surface area contributed by atoms with E-state index in [0.29, 0.717) is 5.69 Å². The fourth-order valence-electron chi connectivity index (χ4n) is 1.25. The number of carbonyl (C=O) groups excluding carboxylic acids is 2. The summed E-state index contributed by atoms with van der Waals surface area (Å²) in [6, 6.07) is 1.38. The number of aromatic amines is 1. The van der Waals surface area contributed by atoms with Crippen LogP contribution in [0, 0.1) is 0 Å². The van der Waals surface area contributed by atoms with Gasteiger partial charge in [0.1, 0.15) is 5.69 Å². The van der Waals surface area contributed by atoms with Gasteiger partial charge >= 0.3 is 0 Å². The highest BCUT2D eigenvalue weighted by Crippen LogP contribution is 2.11. The lowest BCUT2D eigenvalue weighted by atomic mass is 10.2. The number of amides is 2. The van der Waals surface area contributed by atoms with Crippen LogP contribution in [0.3, 0.4) is 0 Å². The molecule has 1 aromatic rings. The lowest BCUT2D eigenvalue weighted by Gasteiger charge is -2.30. The summed E-state index contributed by atoms with van der Waals surface area (Å²) in [6.45, 7) is 1.54. The molecule has 6 nitrogen and oxygen atoms in total. The van der Waals surface area contributed by atoms with E-state index in [4.69, 9.17) is 5.73 Å². The van der Waals surface area contributed by atoms with E-state index in [9.17, 15) is 9.59 Å². The summed E-state index contributed by atoms with van der Waals surface area (Å²) in [6.07, 6.45) is 1.03. The van der Waals surface area contributed by atoms with Gasteiger partial charge in [0.05, 0.1) is 0 Å². The largest absolute Gasteiger partial charge is 0.364 e. The van der Waals surface area contributed by atoms with Crippen LogP contribution >= 0.6 is 0 Å². The number of nitrogens with two attached hydrogens (primary N) is 1. The summed E-state index contributed by atoms with van der Waals surface area (Å²) < 4.78 is 0. The molecule has 0 spiro atoms. The topological polar surface area (TPSA) is 92.1 Å². The molecule has 1 aromatic heterocycles. The molecule has 74 valence electrons. The van der Waals surface area contributed by atoms with Crippen molar-refractivity contribution in [3.8, 4) is 0 Å². The lowest BCUT2D eigenvalue weighted by Crippen LogP contribution is -2.42. The molecular weight excluding hydrogens is 184 g/mol. The van der Waals surface area contributed by atoms with Gasteiger partial charge in [-0.15, -0.1) is 0 Å². The Balaban J connectivity index is 2.15. The smallest absolute Gasteiger partial charge is 0.271 e. The van der Waals surface area contributed by atoms with Gasteiger partial charge in [-0.05, 0) is 6.42 Å². The Morgan fingerprint density at radius 2 is 2.21 bits per heavy atom. The number of aromatic nitrogens is 2. The van der Waals surface area contributed by atoms with Gasteiger partial charge in [0.2, 0.25) is 0 Å². The van der Waals surface area contributed by atoms with Crippen molar-refractivity contribution in [3.05, 3.63) is 17.5 Å². The Hall–Kier alpha value is -1.85. The summed E-state index contributed by atoms with van der Waals surface area (Å²) in [5.41, 5.74) is 5.41. The third-order valence-corrected chi connectivity index (χ3v) is 2.20. The molecule has 1 aliphatic heterocycles. The summed E-state index contributed by atoms with van der Waals surface area (Å²) in [7, 11) is 0.